The minimum Gasteiger partial charge on any atom is -0.451 e. The van der Waals surface area contributed by atoms with Gasteiger partial charge in [-0.1, -0.05) is 0 Å². The molecule has 0 bridgehead atoms. The van der Waals surface area contributed by atoms with Crippen LogP contribution in [0.3, 0.4) is 0 Å². The Bertz CT molecular complexity index is 958. The highest BCUT2D eigenvalue weighted by atomic mass is 19.1. The lowest BCUT2D eigenvalue weighted by atomic mass is 9.61. The third-order valence-electron chi connectivity index (χ3n) is 6.14. The lowest BCUT2D eigenvalue weighted by Gasteiger charge is -2.58. The van der Waals surface area contributed by atoms with Gasteiger partial charge in [0.1, 0.15) is 17.9 Å². The molecule has 1 aromatic carbocycles. The van der Waals surface area contributed by atoms with Crippen molar-refractivity contribution in [2.45, 2.75) is 58.7 Å². The van der Waals surface area contributed by atoms with Gasteiger partial charge >= 0.3 is 0 Å². The van der Waals surface area contributed by atoms with Gasteiger partial charge in [-0.25, -0.2) is 14.4 Å². The van der Waals surface area contributed by atoms with Crippen LogP contribution in [-0.4, -0.2) is 52.0 Å². The van der Waals surface area contributed by atoms with E-state index in [1.807, 2.05) is 27.7 Å². The average Bonchev–Trinajstić information content (AvgIpc) is 2.65. The average molecular weight is 428 g/mol. The van der Waals surface area contributed by atoms with Crippen molar-refractivity contribution in [1.82, 2.24) is 14.9 Å². The number of anilines is 1. The first-order chi connectivity index (χ1) is 14.7. The molecule has 1 saturated carbocycles. The summed E-state index contributed by atoms with van der Waals surface area (Å²) in [6.07, 6.45) is 5.12. The minimum absolute atomic E-state index is 0.0367. The number of ether oxygens (including phenoxy) is 1. The molecular formula is C23H30FN5O2. The van der Waals surface area contributed by atoms with E-state index in [0.717, 1.165) is 25.9 Å². The Morgan fingerprint density at radius 2 is 1.90 bits per heavy atom. The van der Waals surface area contributed by atoms with E-state index in [9.17, 15) is 9.18 Å². The van der Waals surface area contributed by atoms with Crippen molar-refractivity contribution in [2.24, 2.45) is 11.1 Å². The SMILES string of the molecule is CC(C)N(C(=O)c1cc(F)ccc1Oc1cncnc1N1CC2(CC(N)C2)C1)C(C)C. The zero-order chi connectivity index (χ0) is 22.3. The van der Waals surface area contributed by atoms with Gasteiger partial charge in [0.2, 0.25) is 0 Å². The minimum atomic E-state index is -0.487. The second kappa shape index (κ2) is 8.07. The van der Waals surface area contributed by atoms with Crippen LogP contribution in [0, 0.1) is 11.2 Å². The monoisotopic (exact) mass is 427 g/mol. The Labute approximate surface area is 182 Å². The molecule has 1 aromatic heterocycles. The van der Waals surface area contributed by atoms with Crippen LogP contribution in [0.1, 0.15) is 50.9 Å². The molecule has 166 valence electrons. The molecule has 4 rings (SSSR count). The van der Waals surface area contributed by atoms with Gasteiger partial charge in [-0.15, -0.1) is 0 Å². The summed E-state index contributed by atoms with van der Waals surface area (Å²) in [5.74, 6) is 0.647. The smallest absolute Gasteiger partial charge is 0.258 e. The molecule has 2 aromatic rings. The molecule has 1 aliphatic heterocycles. The molecule has 1 spiro atoms. The van der Waals surface area contributed by atoms with Crippen LogP contribution in [0.25, 0.3) is 0 Å². The number of nitrogens with two attached hydrogens (primary N) is 1. The van der Waals surface area contributed by atoms with Crippen molar-refractivity contribution in [2.75, 3.05) is 18.0 Å². The number of halogens is 1. The Morgan fingerprint density at radius 1 is 1.23 bits per heavy atom. The fourth-order valence-electron chi connectivity index (χ4n) is 4.93. The maximum absolute atomic E-state index is 14.1. The summed E-state index contributed by atoms with van der Waals surface area (Å²) in [6.45, 7) is 9.50. The molecule has 7 nitrogen and oxygen atoms in total. The summed E-state index contributed by atoms with van der Waals surface area (Å²) >= 11 is 0. The number of aromatic nitrogens is 2. The predicted molar refractivity (Wildman–Crippen MR) is 117 cm³/mol. The van der Waals surface area contributed by atoms with Crippen molar-refractivity contribution >= 4 is 11.7 Å². The number of amides is 1. The van der Waals surface area contributed by atoms with E-state index < -0.39 is 5.82 Å². The second-order valence-electron chi connectivity index (χ2n) is 9.38. The van der Waals surface area contributed by atoms with Gasteiger partial charge in [-0.2, -0.15) is 0 Å². The molecule has 2 aliphatic rings. The molecule has 1 saturated heterocycles. The van der Waals surface area contributed by atoms with Gasteiger partial charge in [-0.3, -0.25) is 4.79 Å². The van der Waals surface area contributed by atoms with Crippen molar-refractivity contribution in [3.8, 4) is 11.5 Å². The van der Waals surface area contributed by atoms with E-state index in [1.54, 1.807) is 11.1 Å². The third-order valence-corrected chi connectivity index (χ3v) is 6.14. The van der Waals surface area contributed by atoms with E-state index in [4.69, 9.17) is 10.5 Å². The summed E-state index contributed by atoms with van der Waals surface area (Å²) in [5, 5.41) is 0. The highest BCUT2D eigenvalue weighted by molar-refractivity contribution is 5.97. The molecule has 31 heavy (non-hydrogen) atoms. The maximum Gasteiger partial charge on any atom is 0.258 e. The first kappa shape index (κ1) is 21.5. The highest BCUT2D eigenvalue weighted by Gasteiger charge is 2.52. The maximum atomic E-state index is 14.1. The van der Waals surface area contributed by atoms with E-state index >= 15 is 0 Å². The van der Waals surface area contributed by atoms with Crippen LogP contribution in [0.15, 0.2) is 30.7 Å². The highest BCUT2D eigenvalue weighted by Crippen LogP contribution is 2.50. The van der Waals surface area contributed by atoms with Crippen molar-refractivity contribution in [3.05, 3.63) is 42.1 Å². The van der Waals surface area contributed by atoms with Gasteiger partial charge < -0.3 is 20.3 Å². The number of carbonyl (C=O) groups is 1. The number of hydrogen-bond acceptors (Lipinski definition) is 6. The lowest BCUT2D eigenvalue weighted by Crippen LogP contribution is -2.65. The Kier molecular flexibility index (Phi) is 5.60. The zero-order valence-electron chi connectivity index (χ0n) is 18.5. The van der Waals surface area contributed by atoms with Crippen molar-refractivity contribution < 1.29 is 13.9 Å². The molecule has 1 aliphatic carbocycles. The first-order valence-electron chi connectivity index (χ1n) is 10.8. The summed E-state index contributed by atoms with van der Waals surface area (Å²) in [6, 6.07) is 4.23. The van der Waals surface area contributed by atoms with Crippen LogP contribution in [-0.2, 0) is 0 Å². The lowest BCUT2D eigenvalue weighted by molar-refractivity contribution is 0.0640. The third kappa shape index (κ3) is 4.08. The van der Waals surface area contributed by atoms with Crippen LogP contribution < -0.4 is 15.4 Å². The van der Waals surface area contributed by atoms with Gasteiger partial charge in [-0.05, 0) is 58.7 Å². The molecule has 2 fully saturated rings. The Balaban J connectivity index is 1.60. The molecule has 0 atom stereocenters. The number of benzene rings is 1. The number of rotatable bonds is 6. The Hall–Kier alpha value is -2.74. The van der Waals surface area contributed by atoms with Gasteiger partial charge in [0.05, 0.1) is 11.8 Å². The van der Waals surface area contributed by atoms with Crippen LogP contribution in [0.5, 0.6) is 11.5 Å². The molecule has 2 heterocycles. The summed E-state index contributed by atoms with van der Waals surface area (Å²) in [7, 11) is 0. The zero-order valence-corrected chi connectivity index (χ0v) is 18.5. The molecule has 0 radical (unpaired) electrons. The molecular weight excluding hydrogens is 397 g/mol. The van der Waals surface area contributed by atoms with E-state index in [0.29, 0.717) is 17.6 Å². The van der Waals surface area contributed by atoms with Gasteiger partial charge in [0.15, 0.2) is 11.6 Å². The Morgan fingerprint density at radius 3 is 2.52 bits per heavy atom. The number of hydrogen-bond donors (Lipinski definition) is 1. The topological polar surface area (TPSA) is 84.6 Å². The van der Waals surface area contributed by atoms with Crippen LogP contribution in [0.4, 0.5) is 10.2 Å². The van der Waals surface area contributed by atoms with E-state index in [2.05, 4.69) is 14.9 Å². The molecule has 8 heteroatoms. The molecule has 0 unspecified atom stereocenters. The summed E-state index contributed by atoms with van der Waals surface area (Å²) in [4.78, 5) is 25.6. The van der Waals surface area contributed by atoms with E-state index in [1.165, 1.54) is 24.5 Å². The quantitative estimate of drug-likeness (QED) is 0.758. The fourth-order valence-corrected chi connectivity index (χ4v) is 4.93. The number of nitrogens with zero attached hydrogens (tertiary/aromatic N) is 4. The fraction of sp³-hybridized carbons (Fsp3) is 0.522. The normalized spacial score (nSPS) is 17.6. The van der Waals surface area contributed by atoms with Crippen molar-refractivity contribution in [1.29, 1.82) is 0 Å². The molecule has 1 amide bonds. The van der Waals surface area contributed by atoms with E-state index in [-0.39, 0.29) is 34.7 Å². The predicted octanol–water partition coefficient (Wildman–Crippen LogP) is 3.59. The van der Waals surface area contributed by atoms with Gasteiger partial charge in [0.25, 0.3) is 5.91 Å². The van der Waals surface area contributed by atoms with Gasteiger partial charge in [0, 0.05) is 36.6 Å². The summed E-state index contributed by atoms with van der Waals surface area (Å²) < 4.78 is 20.2. The van der Waals surface area contributed by atoms with Crippen molar-refractivity contribution in [3.63, 3.8) is 0 Å². The number of carbonyl (C=O) groups excluding carboxylic acids is 1. The van der Waals surface area contributed by atoms with Crippen LogP contribution in [0.2, 0.25) is 0 Å². The standard InChI is InChI=1S/C23H30FN5O2/c1-14(2)29(15(3)4)22(30)18-7-16(24)5-6-19(18)31-20-10-26-13-27-21(20)28-11-23(12-28)8-17(25)9-23/h5-7,10,13-15,17H,8-9,11-12,25H2,1-4H3. The second-order valence-corrected chi connectivity index (χ2v) is 9.38. The van der Waals surface area contributed by atoms with Crippen LogP contribution >= 0.6 is 0 Å². The first-order valence-corrected chi connectivity index (χ1v) is 10.8. The largest absolute Gasteiger partial charge is 0.451 e. The molecule has 2 N–H and O–H groups in total. The summed E-state index contributed by atoms with van der Waals surface area (Å²) in [5.41, 5.74) is 6.44.